The van der Waals surface area contributed by atoms with Crippen LogP contribution < -0.4 is 20.0 Å². The number of primary amides is 1. The highest BCUT2D eigenvalue weighted by atomic mass is 79.9. The maximum absolute atomic E-state index is 14.1. The van der Waals surface area contributed by atoms with Crippen molar-refractivity contribution in [1.82, 2.24) is 0 Å². The number of halogens is 3. The van der Waals surface area contributed by atoms with Gasteiger partial charge in [-0.05, 0) is 46.3 Å². The van der Waals surface area contributed by atoms with Gasteiger partial charge in [-0.2, -0.15) is 13.6 Å². The highest BCUT2D eigenvalue weighted by Gasteiger charge is 2.23. The van der Waals surface area contributed by atoms with Gasteiger partial charge < -0.3 is 9.92 Å². The Morgan fingerprint density at radius 1 is 1.17 bits per heavy atom. The Balaban J connectivity index is 2.48. The molecule has 0 aliphatic heterocycles. The van der Waals surface area contributed by atoms with Gasteiger partial charge in [-0.25, -0.2) is 13.6 Å². The van der Waals surface area contributed by atoms with E-state index in [0.29, 0.717) is 6.07 Å². The standard InChI is InChI=1S/C13H10BrF2N3O4S/c14-10-5-7(15)6-11(16)12(10)19(13(17)20)8-1-3-9(4-2-8)23-24(18,21)22/h1-6H,(H2,17,20)(H2,18,21,22). The Labute approximate surface area is 144 Å². The van der Waals surface area contributed by atoms with E-state index in [-0.39, 0.29) is 21.6 Å². The summed E-state index contributed by atoms with van der Waals surface area (Å²) in [6.07, 6.45) is 0. The van der Waals surface area contributed by atoms with Crippen molar-refractivity contribution >= 4 is 43.6 Å². The summed E-state index contributed by atoms with van der Waals surface area (Å²) < 4.78 is 53.4. The van der Waals surface area contributed by atoms with Crippen molar-refractivity contribution in [2.75, 3.05) is 4.90 Å². The van der Waals surface area contributed by atoms with Gasteiger partial charge in [0.25, 0.3) is 0 Å². The van der Waals surface area contributed by atoms with Crippen LogP contribution in [0, 0.1) is 11.6 Å². The second-order valence-corrected chi connectivity index (χ2v) is 6.47. The number of amides is 2. The minimum absolute atomic E-state index is 0.0383. The Morgan fingerprint density at radius 2 is 1.75 bits per heavy atom. The summed E-state index contributed by atoms with van der Waals surface area (Å²) >= 11 is 2.97. The quantitative estimate of drug-likeness (QED) is 0.788. The average Bonchev–Trinajstić information content (AvgIpc) is 2.41. The summed E-state index contributed by atoms with van der Waals surface area (Å²) in [4.78, 5) is 12.5. The van der Waals surface area contributed by atoms with E-state index < -0.39 is 28.0 Å². The fourth-order valence-corrected chi connectivity index (χ4v) is 2.86. The second kappa shape index (κ2) is 6.71. The molecular formula is C13H10BrF2N3O4S. The topological polar surface area (TPSA) is 116 Å². The van der Waals surface area contributed by atoms with Crippen molar-refractivity contribution in [3.63, 3.8) is 0 Å². The molecule has 0 bridgehead atoms. The molecule has 0 heterocycles. The summed E-state index contributed by atoms with van der Waals surface area (Å²) in [7, 11) is -4.21. The average molecular weight is 422 g/mol. The molecule has 0 spiro atoms. The Morgan fingerprint density at radius 3 is 2.21 bits per heavy atom. The fourth-order valence-electron chi connectivity index (χ4n) is 1.90. The number of hydrogen-bond acceptors (Lipinski definition) is 4. The molecule has 24 heavy (non-hydrogen) atoms. The molecule has 0 saturated heterocycles. The number of rotatable bonds is 4. The van der Waals surface area contributed by atoms with E-state index in [9.17, 15) is 22.0 Å². The summed E-state index contributed by atoms with van der Waals surface area (Å²) in [6.45, 7) is 0. The molecule has 128 valence electrons. The number of anilines is 2. The molecule has 11 heteroatoms. The van der Waals surface area contributed by atoms with E-state index in [1.807, 2.05) is 0 Å². The molecule has 0 atom stereocenters. The van der Waals surface area contributed by atoms with Crippen molar-refractivity contribution in [3.05, 3.63) is 52.5 Å². The third-order valence-electron chi connectivity index (χ3n) is 2.73. The third kappa shape index (κ3) is 4.19. The first-order chi connectivity index (χ1) is 11.1. The van der Waals surface area contributed by atoms with Crippen LogP contribution in [-0.4, -0.2) is 14.4 Å². The largest absolute Gasteiger partial charge is 0.380 e. The van der Waals surface area contributed by atoms with Crippen LogP contribution >= 0.6 is 15.9 Å². The van der Waals surface area contributed by atoms with Crippen LogP contribution in [-0.2, 0) is 10.3 Å². The normalized spacial score (nSPS) is 11.2. The number of nitrogens with zero attached hydrogens (tertiary/aromatic N) is 1. The molecule has 0 saturated carbocycles. The third-order valence-corrected chi connectivity index (χ3v) is 3.76. The molecule has 2 amide bonds. The molecule has 4 N–H and O–H groups in total. The number of benzene rings is 2. The Bertz CT molecular complexity index is 868. The minimum Gasteiger partial charge on any atom is -0.371 e. The SMILES string of the molecule is NC(=O)N(c1ccc(OS(N)(=O)=O)cc1)c1c(F)cc(F)cc1Br. The molecule has 0 radical (unpaired) electrons. The van der Waals surface area contributed by atoms with Crippen molar-refractivity contribution in [1.29, 1.82) is 0 Å². The van der Waals surface area contributed by atoms with Gasteiger partial charge in [0.2, 0.25) is 0 Å². The molecule has 0 aliphatic rings. The lowest BCUT2D eigenvalue weighted by atomic mass is 10.2. The number of carbonyl (C=O) groups excluding carboxylic acids is 1. The van der Waals surface area contributed by atoms with Gasteiger partial charge in [0.15, 0.2) is 5.82 Å². The van der Waals surface area contributed by atoms with Gasteiger partial charge in [0.05, 0.1) is 5.69 Å². The molecule has 0 aliphatic carbocycles. The molecule has 2 aromatic carbocycles. The van der Waals surface area contributed by atoms with Crippen molar-refractivity contribution in [2.24, 2.45) is 10.9 Å². The van der Waals surface area contributed by atoms with Gasteiger partial charge in [-0.3, -0.25) is 4.90 Å². The molecule has 0 aromatic heterocycles. The van der Waals surface area contributed by atoms with Crippen molar-refractivity contribution in [3.8, 4) is 5.75 Å². The van der Waals surface area contributed by atoms with Crippen LogP contribution in [0.3, 0.4) is 0 Å². The van der Waals surface area contributed by atoms with E-state index in [0.717, 1.165) is 11.0 Å². The zero-order valence-corrected chi connectivity index (χ0v) is 14.1. The van der Waals surface area contributed by atoms with Crippen LogP contribution in [0.2, 0.25) is 0 Å². The summed E-state index contributed by atoms with van der Waals surface area (Å²) in [5.41, 5.74) is 5.07. The Kier molecular flexibility index (Phi) is 5.06. The lowest BCUT2D eigenvalue weighted by molar-refractivity contribution is 0.256. The maximum atomic E-state index is 14.1. The minimum atomic E-state index is -4.21. The predicted molar refractivity (Wildman–Crippen MR) is 86.0 cm³/mol. The Hall–Kier alpha value is -2.24. The van der Waals surface area contributed by atoms with E-state index >= 15 is 0 Å². The fraction of sp³-hybridized carbons (Fsp3) is 0. The van der Waals surface area contributed by atoms with Crippen LogP contribution in [0.4, 0.5) is 25.0 Å². The van der Waals surface area contributed by atoms with Crippen LogP contribution in [0.5, 0.6) is 5.75 Å². The maximum Gasteiger partial charge on any atom is 0.380 e. The van der Waals surface area contributed by atoms with Gasteiger partial charge in [0, 0.05) is 10.5 Å². The van der Waals surface area contributed by atoms with E-state index in [1.54, 1.807) is 0 Å². The summed E-state index contributed by atoms with van der Waals surface area (Å²) in [6, 6.07) is 5.39. The van der Waals surface area contributed by atoms with Crippen molar-refractivity contribution < 1.29 is 26.2 Å². The smallest absolute Gasteiger partial charge is 0.371 e. The number of nitrogens with two attached hydrogens (primary N) is 2. The number of hydrogen-bond donors (Lipinski definition) is 2. The molecule has 2 aromatic rings. The van der Waals surface area contributed by atoms with Crippen LogP contribution in [0.15, 0.2) is 40.9 Å². The van der Waals surface area contributed by atoms with Crippen LogP contribution in [0.1, 0.15) is 0 Å². The molecule has 2 rings (SSSR count). The van der Waals surface area contributed by atoms with Gasteiger partial charge in [0.1, 0.15) is 17.3 Å². The highest BCUT2D eigenvalue weighted by Crippen LogP contribution is 2.35. The van der Waals surface area contributed by atoms with E-state index in [1.165, 1.54) is 24.3 Å². The first-order valence-electron chi connectivity index (χ1n) is 6.15. The lowest BCUT2D eigenvalue weighted by Crippen LogP contribution is -2.32. The number of carbonyl (C=O) groups is 1. The number of urea groups is 1. The zero-order chi connectivity index (χ0) is 18.1. The molecule has 0 unspecified atom stereocenters. The lowest BCUT2D eigenvalue weighted by Gasteiger charge is -2.22. The molecule has 0 fully saturated rings. The van der Waals surface area contributed by atoms with Gasteiger partial charge in [-0.15, -0.1) is 0 Å². The monoisotopic (exact) mass is 421 g/mol. The highest BCUT2D eigenvalue weighted by molar-refractivity contribution is 9.10. The summed E-state index contributed by atoms with van der Waals surface area (Å²) in [5, 5.41) is 4.73. The van der Waals surface area contributed by atoms with E-state index in [2.05, 4.69) is 20.1 Å². The first-order valence-corrected chi connectivity index (χ1v) is 8.41. The molecular weight excluding hydrogens is 412 g/mol. The second-order valence-electron chi connectivity index (χ2n) is 4.46. The van der Waals surface area contributed by atoms with Gasteiger partial charge >= 0.3 is 16.3 Å². The van der Waals surface area contributed by atoms with E-state index in [4.69, 9.17) is 10.9 Å². The predicted octanol–water partition coefficient (Wildman–Crippen LogP) is 2.53. The first kappa shape index (κ1) is 18.1. The summed E-state index contributed by atoms with van der Waals surface area (Å²) in [5.74, 6) is -1.99. The van der Waals surface area contributed by atoms with Crippen molar-refractivity contribution in [2.45, 2.75) is 0 Å². The van der Waals surface area contributed by atoms with Gasteiger partial charge in [-0.1, -0.05) is 0 Å². The zero-order valence-electron chi connectivity index (χ0n) is 11.7. The van der Waals surface area contributed by atoms with Crippen LogP contribution in [0.25, 0.3) is 0 Å². The molecule has 7 nitrogen and oxygen atoms in total.